The van der Waals surface area contributed by atoms with Gasteiger partial charge in [-0.15, -0.1) is 0 Å². The summed E-state index contributed by atoms with van der Waals surface area (Å²) in [6.07, 6.45) is 5.59. The maximum Gasteiger partial charge on any atom is 0.191 e. The van der Waals surface area contributed by atoms with Crippen LogP contribution in [0.4, 0.5) is 0 Å². The molecule has 144 valence electrons. The molecule has 0 atom stereocenters. The molecule has 2 aliphatic carbocycles. The van der Waals surface area contributed by atoms with Crippen molar-refractivity contribution in [1.29, 1.82) is 0 Å². The van der Waals surface area contributed by atoms with E-state index < -0.39 is 0 Å². The van der Waals surface area contributed by atoms with Crippen LogP contribution in [0.25, 0.3) is 0 Å². The molecule has 1 aromatic rings. The highest BCUT2D eigenvalue weighted by Crippen LogP contribution is 2.34. The molecular weight excluding hydrogens is 328 g/mol. The Hall–Kier alpha value is -1.95. The number of guanidine groups is 1. The highest BCUT2D eigenvalue weighted by Gasteiger charge is 2.33. The normalized spacial score (nSPS) is 17.3. The zero-order valence-electron chi connectivity index (χ0n) is 16.3. The van der Waals surface area contributed by atoms with Crippen LogP contribution in [-0.2, 0) is 6.54 Å². The summed E-state index contributed by atoms with van der Waals surface area (Å²) < 4.78 is 10.6. The standard InChI is InChI=1S/C20H32N4O2/c1-21-20(22-10-11-24(17-7-8-17)14-15-4-5-15)23-13-16-6-9-18(25-2)19(12-16)26-3/h6,9,12,15,17H,4-5,7-8,10-11,13-14H2,1-3H3,(H2,21,22,23). The van der Waals surface area contributed by atoms with Gasteiger partial charge in [0.2, 0.25) is 0 Å². The van der Waals surface area contributed by atoms with Crippen molar-refractivity contribution >= 4 is 5.96 Å². The van der Waals surface area contributed by atoms with Gasteiger partial charge in [-0.05, 0) is 49.3 Å². The lowest BCUT2D eigenvalue weighted by molar-refractivity contribution is 0.256. The van der Waals surface area contributed by atoms with Crippen molar-refractivity contribution in [2.45, 2.75) is 38.3 Å². The summed E-state index contributed by atoms with van der Waals surface area (Å²) in [6, 6.07) is 6.78. The Morgan fingerprint density at radius 2 is 1.88 bits per heavy atom. The molecule has 0 spiro atoms. The predicted molar refractivity (Wildman–Crippen MR) is 105 cm³/mol. The Morgan fingerprint density at radius 3 is 2.50 bits per heavy atom. The third kappa shape index (κ3) is 5.53. The molecule has 0 bridgehead atoms. The van der Waals surface area contributed by atoms with Crippen LogP contribution < -0.4 is 20.1 Å². The van der Waals surface area contributed by atoms with Gasteiger partial charge in [0.1, 0.15) is 0 Å². The van der Waals surface area contributed by atoms with Crippen molar-refractivity contribution in [1.82, 2.24) is 15.5 Å². The van der Waals surface area contributed by atoms with Crippen molar-refractivity contribution in [3.8, 4) is 11.5 Å². The Labute approximate surface area is 157 Å². The largest absolute Gasteiger partial charge is 0.493 e. The van der Waals surface area contributed by atoms with Gasteiger partial charge in [-0.3, -0.25) is 9.89 Å². The van der Waals surface area contributed by atoms with Crippen molar-refractivity contribution in [3.63, 3.8) is 0 Å². The number of hydrogen-bond acceptors (Lipinski definition) is 4. The van der Waals surface area contributed by atoms with Gasteiger partial charge < -0.3 is 20.1 Å². The molecule has 2 N–H and O–H groups in total. The van der Waals surface area contributed by atoms with Crippen molar-refractivity contribution < 1.29 is 9.47 Å². The minimum atomic E-state index is 0.689. The SMILES string of the molecule is CN=C(NCCN(CC1CC1)C1CC1)NCc1ccc(OC)c(OC)c1. The van der Waals surface area contributed by atoms with E-state index in [1.807, 2.05) is 25.2 Å². The van der Waals surface area contributed by atoms with E-state index in [1.165, 1.54) is 32.2 Å². The molecule has 0 saturated heterocycles. The second-order valence-electron chi connectivity index (χ2n) is 7.21. The van der Waals surface area contributed by atoms with E-state index in [2.05, 4.69) is 20.5 Å². The Morgan fingerprint density at radius 1 is 1.12 bits per heavy atom. The number of hydrogen-bond donors (Lipinski definition) is 2. The zero-order chi connectivity index (χ0) is 18.4. The third-order valence-electron chi connectivity index (χ3n) is 5.08. The van der Waals surface area contributed by atoms with Crippen LogP contribution in [0.2, 0.25) is 0 Å². The number of methoxy groups -OCH3 is 2. The maximum absolute atomic E-state index is 5.36. The third-order valence-corrected chi connectivity index (χ3v) is 5.08. The highest BCUT2D eigenvalue weighted by molar-refractivity contribution is 5.79. The molecule has 2 fully saturated rings. The van der Waals surface area contributed by atoms with Crippen molar-refractivity contribution in [2.75, 3.05) is 40.9 Å². The topological polar surface area (TPSA) is 58.1 Å². The Balaban J connectivity index is 1.42. The lowest BCUT2D eigenvalue weighted by atomic mass is 10.2. The fraction of sp³-hybridized carbons (Fsp3) is 0.650. The van der Waals surface area contributed by atoms with Crippen LogP contribution in [0.3, 0.4) is 0 Å². The van der Waals surface area contributed by atoms with Crippen LogP contribution in [0.1, 0.15) is 31.2 Å². The van der Waals surface area contributed by atoms with Gasteiger partial charge in [-0.1, -0.05) is 6.07 Å². The first-order valence-electron chi connectivity index (χ1n) is 9.63. The summed E-state index contributed by atoms with van der Waals surface area (Å²) in [5.74, 6) is 3.28. The van der Waals surface area contributed by atoms with Gasteiger partial charge in [-0.25, -0.2) is 0 Å². The van der Waals surface area contributed by atoms with E-state index in [0.717, 1.165) is 48.1 Å². The predicted octanol–water partition coefficient (Wildman–Crippen LogP) is 2.24. The first-order valence-corrected chi connectivity index (χ1v) is 9.63. The molecule has 26 heavy (non-hydrogen) atoms. The van der Waals surface area contributed by atoms with E-state index in [-0.39, 0.29) is 0 Å². The van der Waals surface area contributed by atoms with Gasteiger partial charge in [0, 0.05) is 39.3 Å². The summed E-state index contributed by atoms with van der Waals surface area (Å²) >= 11 is 0. The number of nitrogens with one attached hydrogen (secondary N) is 2. The van der Waals surface area contributed by atoms with Crippen LogP contribution in [0, 0.1) is 5.92 Å². The van der Waals surface area contributed by atoms with Gasteiger partial charge >= 0.3 is 0 Å². The summed E-state index contributed by atoms with van der Waals surface area (Å²) in [6.45, 7) is 3.99. The van der Waals surface area contributed by atoms with Gasteiger partial charge in [0.05, 0.1) is 14.2 Å². The minimum Gasteiger partial charge on any atom is -0.493 e. The van der Waals surface area contributed by atoms with Crippen LogP contribution in [0.15, 0.2) is 23.2 Å². The molecule has 0 radical (unpaired) electrons. The highest BCUT2D eigenvalue weighted by atomic mass is 16.5. The average Bonchev–Trinajstić information content (AvgIpc) is 3.56. The van der Waals surface area contributed by atoms with E-state index >= 15 is 0 Å². The monoisotopic (exact) mass is 360 g/mol. The van der Waals surface area contributed by atoms with E-state index in [4.69, 9.17) is 9.47 Å². The Bertz CT molecular complexity index is 612. The van der Waals surface area contributed by atoms with Crippen LogP contribution in [0.5, 0.6) is 11.5 Å². The van der Waals surface area contributed by atoms with Crippen LogP contribution >= 0.6 is 0 Å². The minimum absolute atomic E-state index is 0.689. The van der Waals surface area contributed by atoms with Crippen molar-refractivity contribution in [2.24, 2.45) is 10.9 Å². The molecule has 0 heterocycles. The van der Waals surface area contributed by atoms with E-state index in [9.17, 15) is 0 Å². The zero-order valence-corrected chi connectivity index (χ0v) is 16.3. The maximum atomic E-state index is 5.36. The van der Waals surface area contributed by atoms with Gasteiger partial charge in [0.15, 0.2) is 17.5 Å². The van der Waals surface area contributed by atoms with Gasteiger partial charge in [-0.2, -0.15) is 0 Å². The number of ether oxygens (including phenoxy) is 2. The smallest absolute Gasteiger partial charge is 0.191 e. The fourth-order valence-electron chi connectivity index (χ4n) is 3.21. The molecule has 0 unspecified atom stereocenters. The van der Waals surface area contributed by atoms with E-state index in [1.54, 1.807) is 14.2 Å². The lowest BCUT2D eigenvalue weighted by Crippen LogP contribution is -2.42. The van der Waals surface area contributed by atoms with Crippen LogP contribution in [-0.4, -0.2) is 57.8 Å². The number of aliphatic imine (C=N–C) groups is 1. The van der Waals surface area contributed by atoms with Gasteiger partial charge in [0.25, 0.3) is 0 Å². The molecule has 6 heteroatoms. The van der Waals surface area contributed by atoms with E-state index in [0.29, 0.717) is 6.54 Å². The second-order valence-corrected chi connectivity index (χ2v) is 7.21. The lowest BCUT2D eigenvalue weighted by Gasteiger charge is -2.22. The molecule has 2 aliphatic rings. The first kappa shape index (κ1) is 18.8. The molecule has 6 nitrogen and oxygen atoms in total. The quantitative estimate of drug-likeness (QED) is 0.495. The number of benzene rings is 1. The second kappa shape index (κ2) is 9.12. The number of nitrogens with zero attached hydrogens (tertiary/aromatic N) is 2. The fourth-order valence-corrected chi connectivity index (χ4v) is 3.21. The Kier molecular flexibility index (Phi) is 6.61. The molecule has 0 aliphatic heterocycles. The number of rotatable bonds is 10. The molecule has 3 rings (SSSR count). The first-order chi connectivity index (χ1) is 12.7. The summed E-state index contributed by atoms with van der Waals surface area (Å²) in [7, 11) is 5.12. The van der Waals surface area contributed by atoms with Crippen molar-refractivity contribution in [3.05, 3.63) is 23.8 Å². The summed E-state index contributed by atoms with van der Waals surface area (Å²) in [5, 5.41) is 6.81. The molecule has 0 aromatic heterocycles. The summed E-state index contributed by atoms with van der Waals surface area (Å²) in [5.41, 5.74) is 1.12. The summed E-state index contributed by atoms with van der Waals surface area (Å²) in [4.78, 5) is 6.99. The molecular formula is C20H32N4O2. The molecule has 0 amide bonds. The average molecular weight is 361 g/mol. The molecule has 1 aromatic carbocycles. The molecule has 2 saturated carbocycles.